The fourth-order valence-corrected chi connectivity index (χ4v) is 1.54. The van der Waals surface area contributed by atoms with E-state index in [1.807, 2.05) is 19.1 Å². The third-order valence-electron chi connectivity index (χ3n) is 2.30. The fourth-order valence-electron chi connectivity index (χ4n) is 1.54. The van der Waals surface area contributed by atoms with Gasteiger partial charge in [0, 0.05) is 6.20 Å². The van der Waals surface area contributed by atoms with Crippen LogP contribution in [-0.4, -0.2) is 27.7 Å². The summed E-state index contributed by atoms with van der Waals surface area (Å²) in [5.41, 5.74) is 0.647. The van der Waals surface area contributed by atoms with Crippen LogP contribution in [0.5, 0.6) is 5.75 Å². The molecule has 0 spiro atoms. The zero-order valence-corrected chi connectivity index (χ0v) is 9.83. The maximum atomic E-state index is 10.9. The van der Waals surface area contributed by atoms with Crippen LogP contribution in [0.4, 0.5) is 0 Å². The molecule has 0 saturated carbocycles. The van der Waals surface area contributed by atoms with Crippen molar-refractivity contribution in [2.24, 2.45) is 0 Å². The van der Waals surface area contributed by atoms with E-state index in [1.54, 1.807) is 12.1 Å². The number of carboxylic acids is 1. The molecule has 0 atom stereocenters. The van der Waals surface area contributed by atoms with Crippen molar-refractivity contribution >= 4 is 5.97 Å². The van der Waals surface area contributed by atoms with Crippen LogP contribution in [0.1, 0.15) is 17.4 Å². The first-order valence-electron chi connectivity index (χ1n) is 5.51. The van der Waals surface area contributed by atoms with Gasteiger partial charge in [0.05, 0.1) is 12.2 Å². The van der Waals surface area contributed by atoms with E-state index in [9.17, 15) is 4.79 Å². The molecular formula is C13H12N2O3. The number of nitrogens with zero attached hydrogens (tertiary/aromatic N) is 2. The summed E-state index contributed by atoms with van der Waals surface area (Å²) in [5.74, 6) is -0.0889. The van der Waals surface area contributed by atoms with E-state index < -0.39 is 5.97 Å². The number of aromatic nitrogens is 2. The summed E-state index contributed by atoms with van der Waals surface area (Å²) in [6.45, 7) is 2.40. The number of para-hydroxylation sites is 1. The molecule has 0 radical (unpaired) electrons. The van der Waals surface area contributed by atoms with E-state index in [4.69, 9.17) is 9.84 Å². The molecule has 0 saturated heterocycles. The lowest BCUT2D eigenvalue weighted by Gasteiger charge is -2.08. The molecule has 0 bridgehead atoms. The van der Waals surface area contributed by atoms with E-state index in [0.29, 0.717) is 23.7 Å². The lowest BCUT2D eigenvalue weighted by molar-refractivity contribution is 0.0690. The summed E-state index contributed by atoms with van der Waals surface area (Å²) in [5, 5.41) is 8.91. The molecule has 92 valence electrons. The van der Waals surface area contributed by atoms with Gasteiger partial charge in [-0.25, -0.2) is 14.8 Å². The molecule has 5 nitrogen and oxygen atoms in total. The molecule has 0 unspecified atom stereocenters. The zero-order valence-electron chi connectivity index (χ0n) is 9.83. The quantitative estimate of drug-likeness (QED) is 0.892. The molecule has 0 aliphatic heterocycles. The lowest BCUT2D eigenvalue weighted by Crippen LogP contribution is -2.03. The van der Waals surface area contributed by atoms with Gasteiger partial charge in [0.15, 0.2) is 11.5 Å². The highest BCUT2D eigenvalue weighted by atomic mass is 16.5. The van der Waals surface area contributed by atoms with Gasteiger partial charge in [-0.1, -0.05) is 12.1 Å². The molecule has 0 aliphatic carbocycles. The first kappa shape index (κ1) is 12.0. The highest BCUT2D eigenvalue weighted by Gasteiger charge is 2.11. The van der Waals surface area contributed by atoms with Gasteiger partial charge < -0.3 is 9.84 Å². The minimum atomic E-state index is -1.08. The van der Waals surface area contributed by atoms with Crippen LogP contribution in [0.3, 0.4) is 0 Å². The van der Waals surface area contributed by atoms with Crippen molar-refractivity contribution in [2.75, 3.05) is 6.61 Å². The normalized spacial score (nSPS) is 10.1. The average Bonchev–Trinajstić information content (AvgIpc) is 2.40. The van der Waals surface area contributed by atoms with Gasteiger partial charge in [0.25, 0.3) is 0 Å². The van der Waals surface area contributed by atoms with Crippen LogP contribution in [0.25, 0.3) is 11.4 Å². The Kier molecular flexibility index (Phi) is 3.52. The number of hydrogen-bond acceptors (Lipinski definition) is 4. The molecule has 2 rings (SSSR count). The molecule has 1 aromatic carbocycles. The summed E-state index contributed by atoms with van der Waals surface area (Å²) in [7, 11) is 0. The van der Waals surface area contributed by atoms with Crippen LogP contribution in [0.15, 0.2) is 36.5 Å². The minimum absolute atomic E-state index is 0.0358. The minimum Gasteiger partial charge on any atom is -0.493 e. The topological polar surface area (TPSA) is 72.3 Å². The van der Waals surface area contributed by atoms with Crippen LogP contribution in [0, 0.1) is 0 Å². The predicted octanol–water partition coefficient (Wildman–Crippen LogP) is 2.24. The van der Waals surface area contributed by atoms with Crippen LogP contribution in [0.2, 0.25) is 0 Å². The summed E-state index contributed by atoms with van der Waals surface area (Å²) >= 11 is 0. The molecule has 2 aromatic rings. The first-order chi connectivity index (χ1) is 8.72. The van der Waals surface area contributed by atoms with E-state index >= 15 is 0 Å². The molecule has 0 amide bonds. The number of carbonyl (C=O) groups is 1. The molecular weight excluding hydrogens is 232 g/mol. The van der Waals surface area contributed by atoms with Crippen molar-refractivity contribution in [1.29, 1.82) is 0 Å². The SMILES string of the molecule is CCOc1ccccc1-c1nccc(C(=O)O)n1. The molecule has 18 heavy (non-hydrogen) atoms. The van der Waals surface area contributed by atoms with Gasteiger partial charge >= 0.3 is 5.97 Å². The summed E-state index contributed by atoms with van der Waals surface area (Å²) in [6, 6.07) is 8.63. The maximum Gasteiger partial charge on any atom is 0.354 e. The second-order valence-corrected chi connectivity index (χ2v) is 3.50. The number of benzene rings is 1. The molecule has 1 N–H and O–H groups in total. The van der Waals surface area contributed by atoms with Gasteiger partial charge in [-0.2, -0.15) is 0 Å². The van der Waals surface area contributed by atoms with Crippen LogP contribution >= 0.6 is 0 Å². The Balaban J connectivity index is 2.48. The van der Waals surface area contributed by atoms with Crippen molar-refractivity contribution in [1.82, 2.24) is 9.97 Å². The fraction of sp³-hybridized carbons (Fsp3) is 0.154. The maximum absolute atomic E-state index is 10.9. The molecule has 0 fully saturated rings. The van der Waals surface area contributed by atoms with Crippen molar-refractivity contribution < 1.29 is 14.6 Å². The molecule has 0 aliphatic rings. The number of aromatic carboxylic acids is 1. The standard InChI is InChI=1S/C13H12N2O3/c1-2-18-11-6-4-3-5-9(11)12-14-8-7-10(15-12)13(16)17/h3-8H,2H2,1H3,(H,16,17). The number of hydrogen-bond donors (Lipinski definition) is 1. The second kappa shape index (κ2) is 5.27. The van der Waals surface area contributed by atoms with Crippen molar-refractivity contribution in [3.8, 4) is 17.1 Å². The third kappa shape index (κ3) is 2.45. The Morgan fingerprint density at radius 2 is 2.11 bits per heavy atom. The van der Waals surface area contributed by atoms with Gasteiger partial charge in [-0.05, 0) is 25.1 Å². The molecule has 5 heteroatoms. The number of ether oxygens (including phenoxy) is 1. The van der Waals surface area contributed by atoms with Crippen molar-refractivity contribution in [3.63, 3.8) is 0 Å². The Morgan fingerprint density at radius 1 is 1.33 bits per heavy atom. The average molecular weight is 244 g/mol. The lowest BCUT2D eigenvalue weighted by atomic mass is 10.2. The summed E-state index contributed by atoms with van der Waals surface area (Å²) in [6.07, 6.45) is 1.43. The number of rotatable bonds is 4. The van der Waals surface area contributed by atoms with Crippen LogP contribution < -0.4 is 4.74 Å². The van der Waals surface area contributed by atoms with E-state index in [-0.39, 0.29) is 5.69 Å². The third-order valence-corrected chi connectivity index (χ3v) is 2.30. The largest absolute Gasteiger partial charge is 0.493 e. The van der Waals surface area contributed by atoms with Crippen LogP contribution in [-0.2, 0) is 0 Å². The highest BCUT2D eigenvalue weighted by Crippen LogP contribution is 2.26. The highest BCUT2D eigenvalue weighted by molar-refractivity contribution is 5.85. The molecule has 1 aromatic heterocycles. The van der Waals surface area contributed by atoms with E-state index in [0.717, 1.165) is 0 Å². The van der Waals surface area contributed by atoms with E-state index in [1.165, 1.54) is 12.3 Å². The van der Waals surface area contributed by atoms with E-state index in [2.05, 4.69) is 9.97 Å². The van der Waals surface area contributed by atoms with Gasteiger partial charge in [0.1, 0.15) is 5.75 Å². The summed E-state index contributed by atoms with van der Waals surface area (Å²) < 4.78 is 5.46. The smallest absolute Gasteiger partial charge is 0.354 e. The van der Waals surface area contributed by atoms with Gasteiger partial charge in [0.2, 0.25) is 0 Å². The Bertz CT molecular complexity index is 570. The molecule has 1 heterocycles. The van der Waals surface area contributed by atoms with Crippen molar-refractivity contribution in [3.05, 3.63) is 42.2 Å². The van der Waals surface area contributed by atoms with Gasteiger partial charge in [-0.15, -0.1) is 0 Å². The second-order valence-electron chi connectivity index (χ2n) is 3.50. The Morgan fingerprint density at radius 3 is 2.83 bits per heavy atom. The zero-order chi connectivity index (χ0) is 13.0. The Hall–Kier alpha value is -2.43. The first-order valence-corrected chi connectivity index (χ1v) is 5.51. The van der Waals surface area contributed by atoms with Gasteiger partial charge in [-0.3, -0.25) is 0 Å². The predicted molar refractivity (Wildman–Crippen MR) is 65.6 cm³/mol. The van der Waals surface area contributed by atoms with Crippen molar-refractivity contribution in [2.45, 2.75) is 6.92 Å². The summed E-state index contributed by atoms with van der Waals surface area (Å²) in [4.78, 5) is 18.9. The Labute approximate surface area is 104 Å². The monoisotopic (exact) mass is 244 g/mol. The number of carboxylic acid groups (broad SMARTS) is 1.